The Morgan fingerprint density at radius 2 is 1.70 bits per heavy atom. The van der Waals surface area contributed by atoms with E-state index in [4.69, 9.17) is 18.9 Å². The molecule has 4 unspecified atom stereocenters. The molecule has 5 rings (SSSR count). The van der Waals surface area contributed by atoms with Crippen LogP contribution in [0.4, 0.5) is 0 Å². The van der Waals surface area contributed by atoms with Gasteiger partial charge in [0, 0.05) is 11.8 Å². The van der Waals surface area contributed by atoms with Crippen LogP contribution in [0.25, 0.3) is 0 Å². The van der Waals surface area contributed by atoms with Crippen LogP contribution < -0.4 is 11.2 Å². The lowest BCUT2D eigenvalue weighted by Gasteiger charge is -2.31. The number of ether oxygens (including phenoxy) is 4. The van der Waals surface area contributed by atoms with Gasteiger partial charge in [0.05, 0.1) is 26.4 Å². The lowest BCUT2D eigenvalue weighted by Crippen LogP contribution is -2.46. The highest BCUT2D eigenvalue weighted by atomic mass is 16.7. The number of fused-ring (bicyclic) bond motifs is 2. The summed E-state index contributed by atoms with van der Waals surface area (Å²) < 4.78 is 26.2. The summed E-state index contributed by atoms with van der Waals surface area (Å²) in [6, 6.07) is 19.7. The van der Waals surface area contributed by atoms with Crippen LogP contribution in [-0.2, 0) is 32.2 Å². The molecule has 0 spiro atoms. The van der Waals surface area contributed by atoms with E-state index >= 15 is 0 Å². The number of H-pyrrole nitrogens is 1. The van der Waals surface area contributed by atoms with E-state index in [1.807, 2.05) is 60.7 Å². The molecule has 1 N–H and O–H groups in total. The van der Waals surface area contributed by atoms with Gasteiger partial charge in [-0.2, -0.15) is 0 Å². The van der Waals surface area contributed by atoms with Gasteiger partial charge in [-0.1, -0.05) is 60.7 Å². The zero-order valence-electron chi connectivity index (χ0n) is 18.3. The van der Waals surface area contributed by atoms with E-state index in [-0.39, 0.29) is 6.61 Å². The van der Waals surface area contributed by atoms with E-state index < -0.39 is 35.3 Å². The Morgan fingerprint density at radius 1 is 1.03 bits per heavy atom. The average Bonchev–Trinajstić information content (AvgIpc) is 3.33. The molecule has 3 aromatic rings. The first-order chi connectivity index (χ1) is 16.1. The van der Waals surface area contributed by atoms with Gasteiger partial charge >= 0.3 is 5.69 Å². The molecular formula is C25H26N2O6. The van der Waals surface area contributed by atoms with Crippen molar-refractivity contribution in [1.82, 2.24) is 9.55 Å². The van der Waals surface area contributed by atoms with Crippen molar-refractivity contribution in [3.05, 3.63) is 104 Å². The number of rotatable bonds is 8. The van der Waals surface area contributed by atoms with Crippen molar-refractivity contribution >= 4 is 0 Å². The number of benzene rings is 2. The predicted molar refractivity (Wildman–Crippen MR) is 120 cm³/mol. The molecule has 2 saturated heterocycles. The van der Waals surface area contributed by atoms with E-state index in [2.05, 4.69) is 4.98 Å². The van der Waals surface area contributed by atoms with Gasteiger partial charge in [0.1, 0.15) is 17.8 Å². The molecule has 0 amide bonds. The lowest BCUT2D eigenvalue weighted by atomic mass is 10.00. The second kappa shape index (κ2) is 9.07. The zero-order valence-corrected chi connectivity index (χ0v) is 18.3. The van der Waals surface area contributed by atoms with Crippen molar-refractivity contribution < 1.29 is 18.9 Å². The zero-order chi connectivity index (χ0) is 22.8. The molecule has 8 nitrogen and oxygen atoms in total. The fourth-order valence-electron chi connectivity index (χ4n) is 4.42. The third-order valence-electron chi connectivity index (χ3n) is 6.12. The molecule has 2 aliphatic heterocycles. The van der Waals surface area contributed by atoms with Crippen molar-refractivity contribution in [3.8, 4) is 0 Å². The highest BCUT2D eigenvalue weighted by Crippen LogP contribution is 2.46. The van der Waals surface area contributed by atoms with Crippen LogP contribution in [-0.4, -0.2) is 40.6 Å². The quantitative estimate of drug-likeness (QED) is 0.566. The fraction of sp³-hybridized carbons (Fsp3) is 0.360. The molecule has 0 radical (unpaired) electrons. The normalized spacial score (nSPS) is 26.0. The van der Waals surface area contributed by atoms with Crippen LogP contribution in [0.1, 0.15) is 22.9 Å². The molecule has 0 saturated carbocycles. The number of hydrogen-bond acceptors (Lipinski definition) is 6. The maximum Gasteiger partial charge on any atom is 0.330 e. The summed E-state index contributed by atoms with van der Waals surface area (Å²) in [7, 11) is 0. The maximum atomic E-state index is 12.5. The number of nitrogens with zero attached hydrogens (tertiary/aromatic N) is 1. The molecule has 8 heteroatoms. The van der Waals surface area contributed by atoms with Gasteiger partial charge in [-0.05, 0) is 18.1 Å². The van der Waals surface area contributed by atoms with Gasteiger partial charge in [-0.25, -0.2) is 4.79 Å². The predicted octanol–water partition coefficient (Wildman–Crippen LogP) is 2.31. The summed E-state index contributed by atoms with van der Waals surface area (Å²) in [4.78, 5) is 26.7. The number of nitrogens with one attached hydrogen (secondary N) is 1. The summed E-state index contributed by atoms with van der Waals surface area (Å²) in [5.41, 5.74) is 0.651. The molecule has 0 aliphatic carbocycles. The Kier molecular flexibility index (Phi) is 5.99. The Bertz CT molecular complexity index is 1210. The molecule has 2 aliphatic rings. The molecule has 33 heavy (non-hydrogen) atoms. The Morgan fingerprint density at radius 3 is 2.39 bits per heavy atom. The number of aromatic amines is 1. The van der Waals surface area contributed by atoms with Gasteiger partial charge in [0.25, 0.3) is 5.56 Å². The topological polar surface area (TPSA) is 91.8 Å². The van der Waals surface area contributed by atoms with E-state index in [9.17, 15) is 9.59 Å². The number of hydrogen-bond donors (Lipinski definition) is 1. The summed E-state index contributed by atoms with van der Waals surface area (Å²) in [5, 5.41) is 0. The highest BCUT2D eigenvalue weighted by Gasteiger charge is 2.63. The van der Waals surface area contributed by atoms with E-state index in [1.54, 1.807) is 6.92 Å². The smallest absolute Gasteiger partial charge is 0.330 e. The number of aryl methyl sites for hydroxylation is 1. The first-order valence-corrected chi connectivity index (χ1v) is 10.9. The molecule has 2 fully saturated rings. The second-order valence-corrected chi connectivity index (χ2v) is 8.52. The van der Waals surface area contributed by atoms with E-state index in [0.29, 0.717) is 25.4 Å². The molecule has 2 bridgehead atoms. The second-order valence-electron chi connectivity index (χ2n) is 8.52. The molecule has 1 aromatic heterocycles. The van der Waals surface area contributed by atoms with Crippen molar-refractivity contribution in [2.45, 2.75) is 44.2 Å². The summed E-state index contributed by atoms with van der Waals surface area (Å²) >= 11 is 0. The molecule has 4 atom stereocenters. The lowest BCUT2D eigenvalue weighted by molar-refractivity contribution is -0.197. The van der Waals surface area contributed by atoms with Crippen LogP contribution in [0.5, 0.6) is 0 Å². The monoisotopic (exact) mass is 450 g/mol. The summed E-state index contributed by atoms with van der Waals surface area (Å²) in [6.45, 7) is 2.97. The fourth-order valence-corrected chi connectivity index (χ4v) is 4.42. The highest BCUT2D eigenvalue weighted by molar-refractivity contribution is 5.16. The molecule has 2 aromatic carbocycles. The minimum Gasteiger partial charge on any atom is -0.374 e. The standard InChI is InChI=1S/C25H26N2O6/c1-17-12-27(24(29)26-22(17)28)23-20-21(31-14-19-10-6-3-7-11-19)25(33-23,16-32-20)15-30-13-18-8-4-2-5-9-18/h2-12,20-21,23H,13-16H2,1H3,(H,26,28,29). The Hall–Kier alpha value is -3.04. The third kappa shape index (κ3) is 4.30. The van der Waals surface area contributed by atoms with Crippen LogP contribution in [0.15, 0.2) is 76.4 Å². The first kappa shape index (κ1) is 21.8. The Labute approximate surface area is 190 Å². The SMILES string of the molecule is Cc1cn(C2OC3(COCc4ccccc4)COC2C3OCc2ccccc2)c(=O)[nH]c1=O. The van der Waals surface area contributed by atoms with Gasteiger partial charge < -0.3 is 18.9 Å². The number of aromatic nitrogens is 2. The molecule has 172 valence electrons. The van der Waals surface area contributed by atoms with Crippen LogP contribution in [0.2, 0.25) is 0 Å². The molecular weight excluding hydrogens is 424 g/mol. The van der Waals surface area contributed by atoms with Crippen molar-refractivity contribution in [1.29, 1.82) is 0 Å². The average molecular weight is 450 g/mol. The summed E-state index contributed by atoms with van der Waals surface area (Å²) in [5.74, 6) is 0. The van der Waals surface area contributed by atoms with Crippen molar-refractivity contribution in [3.63, 3.8) is 0 Å². The van der Waals surface area contributed by atoms with E-state index in [1.165, 1.54) is 10.8 Å². The minimum atomic E-state index is -0.873. The Balaban J connectivity index is 1.39. The van der Waals surface area contributed by atoms with Gasteiger partial charge in [-0.3, -0.25) is 14.3 Å². The maximum absolute atomic E-state index is 12.5. The largest absolute Gasteiger partial charge is 0.374 e. The van der Waals surface area contributed by atoms with Gasteiger partial charge in [0.15, 0.2) is 6.23 Å². The van der Waals surface area contributed by atoms with Crippen LogP contribution in [0.3, 0.4) is 0 Å². The van der Waals surface area contributed by atoms with Gasteiger partial charge in [-0.15, -0.1) is 0 Å². The van der Waals surface area contributed by atoms with Crippen LogP contribution in [0, 0.1) is 6.92 Å². The van der Waals surface area contributed by atoms with E-state index in [0.717, 1.165) is 11.1 Å². The molecule has 3 heterocycles. The van der Waals surface area contributed by atoms with Crippen molar-refractivity contribution in [2.24, 2.45) is 0 Å². The third-order valence-corrected chi connectivity index (χ3v) is 6.12. The van der Waals surface area contributed by atoms with Gasteiger partial charge in [0.2, 0.25) is 0 Å². The van der Waals surface area contributed by atoms with Crippen LogP contribution >= 0.6 is 0 Å². The minimum absolute atomic E-state index is 0.242. The summed E-state index contributed by atoms with van der Waals surface area (Å²) in [6.07, 6.45) is -0.194. The van der Waals surface area contributed by atoms with Crippen molar-refractivity contribution in [2.75, 3.05) is 13.2 Å². The first-order valence-electron chi connectivity index (χ1n) is 10.9.